The molecular weight excluding hydrogens is 214 g/mol. The number of carbonyl (C=O) groups excluding carboxylic acids is 1. The van der Waals surface area contributed by atoms with Crippen LogP contribution < -0.4 is 4.90 Å². The minimum absolute atomic E-state index is 0.364. The Morgan fingerprint density at radius 2 is 1.76 bits per heavy atom. The summed E-state index contributed by atoms with van der Waals surface area (Å²) in [6, 6.07) is 12.1. The second-order valence-electron chi connectivity index (χ2n) is 4.06. The van der Waals surface area contributed by atoms with Crippen LogP contribution in [0.3, 0.4) is 0 Å². The maximum absolute atomic E-state index is 11.4. The van der Waals surface area contributed by atoms with Gasteiger partial charge in [-0.25, -0.2) is 4.79 Å². The fourth-order valence-corrected chi connectivity index (χ4v) is 1.80. The van der Waals surface area contributed by atoms with Gasteiger partial charge in [-0.3, -0.25) is 4.90 Å². The molecule has 0 heterocycles. The van der Waals surface area contributed by atoms with Crippen molar-refractivity contribution in [3.8, 4) is 0 Å². The van der Waals surface area contributed by atoms with E-state index in [0.29, 0.717) is 0 Å². The first-order valence-corrected chi connectivity index (χ1v) is 5.44. The zero-order valence-corrected chi connectivity index (χ0v) is 10.2. The summed E-state index contributed by atoms with van der Waals surface area (Å²) in [5.41, 5.74) is 2.06. The van der Waals surface area contributed by atoms with Crippen LogP contribution in [0.25, 0.3) is 10.8 Å². The highest BCUT2D eigenvalue weighted by atomic mass is 16.5. The molecule has 3 heteroatoms. The Kier molecular flexibility index (Phi) is 3.00. The van der Waals surface area contributed by atoms with Crippen molar-refractivity contribution in [2.24, 2.45) is 0 Å². The van der Waals surface area contributed by atoms with Crippen LogP contribution in [0.5, 0.6) is 0 Å². The summed E-state index contributed by atoms with van der Waals surface area (Å²) in [5.74, 6) is 0. The van der Waals surface area contributed by atoms with Crippen LogP contribution >= 0.6 is 0 Å². The van der Waals surface area contributed by atoms with Crippen molar-refractivity contribution < 1.29 is 9.53 Å². The smallest absolute Gasteiger partial charge is 0.413 e. The van der Waals surface area contributed by atoms with E-state index >= 15 is 0 Å². The van der Waals surface area contributed by atoms with Crippen LogP contribution in [0.15, 0.2) is 36.4 Å². The third kappa shape index (κ3) is 2.23. The average molecular weight is 229 g/mol. The molecule has 0 aliphatic heterocycles. The Morgan fingerprint density at radius 3 is 2.47 bits per heavy atom. The molecule has 0 aromatic heterocycles. The third-order valence-corrected chi connectivity index (χ3v) is 2.82. The SMILES string of the molecule is COC(=O)N(C)c1ccc2cc(C)ccc2c1. The molecular formula is C14H15NO2. The van der Waals surface area contributed by atoms with E-state index in [0.717, 1.165) is 11.1 Å². The number of amides is 1. The van der Waals surface area contributed by atoms with Crippen LogP contribution in [0.2, 0.25) is 0 Å². The van der Waals surface area contributed by atoms with E-state index in [9.17, 15) is 4.79 Å². The molecule has 0 saturated heterocycles. The van der Waals surface area contributed by atoms with Gasteiger partial charge in [0.05, 0.1) is 7.11 Å². The third-order valence-electron chi connectivity index (χ3n) is 2.82. The Morgan fingerprint density at radius 1 is 1.12 bits per heavy atom. The topological polar surface area (TPSA) is 29.5 Å². The Balaban J connectivity index is 2.44. The van der Waals surface area contributed by atoms with Gasteiger partial charge in [-0.1, -0.05) is 29.8 Å². The van der Waals surface area contributed by atoms with Crippen LogP contribution in [-0.2, 0) is 4.74 Å². The minimum Gasteiger partial charge on any atom is -0.452 e. The van der Waals surface area contributed by atoms with Crippen LogP contribution in [0.1, 0.15) is 5.56 Å². The zero-order valence-electron chi connectivity index (χ0n) is 10.2. The second kappa shape index (κ2) is 4.45. The molecule has 0 radical (unpaired) electrons. The number of anilines is 1. The van der Waals surface area contributed by atoms with Gasteiger partial charge >= 0.3 is 6.09 Å². The van der Waals surface area contributed by atoms with Crippen LogP contribution in [-0.4, -0.2) is 20.3 Å². The molecule has 17 heavy (non-hydrogen) atoms. The zero-order chi connectivity index (χ0) is 12.4. The highest BCUT2D eigenvalue weighted by Crippen LogP contribution is 2.22. The van der Waals surface area contributed by atoms with Crippen molar-refractivity contribution in [1.82, 2.24) is 0 Å². The molecule has 0 fully saturated rings. The fraction of sp³-hybridized carbons (Fsp3) is 0.214. The quantitative estimate of drug-likeness (QED) is 0.750. The lowest BCUT2D eigenvalue weighted by atomic mass is 10.1. The van der Waals surface area contributed by atoms with Gasteiger partial charge in [0.15, 0.2) is 0 Å². The summed E-state index contributed by atoms with van der Waals surface area (Å²) in [7, 11) is 3.07. The lowest BCUT2D eigenvalue weighted by Gasteiger charge is -2.16. The molecule has 0 aliphatic carbocycles. The Hall–Kier alpha value is -2.03. The number of fused-ring (bicyclic) bond motifs is 1. The van der Waals surface area contributed by atoms with Crippen molar-refractivity contribution in [3.05, 3.63) is 42.0 Å². The number of hydrogen-bond donors (Lipinski definition) is 0. The molecule has 2 aromatic carbocycles. The summed E-state index contributed by atoms with van der Waals surface area (Å²) >= 11 is 0. The molecule has 88 valence electrons. The molecule has 2 aromatic rings. The first-order valence-electron chi connectivity index (χ1n) is 5.44. The van der Waals surface area contributed by atoms with E-state index in [-0.39, 0.29) is 6.09 Å². The van der Waals surface area contributed by atoms with Gasteiger partial charge in [-0.05, 0) is 29.8 Å². The van der Waals surface area contributed by atoms with Gasteiger partial charge in [-0.15, -0.1) is 0 Å². The van der Waals surface area contributed by atoms with E-state index in [2.05, 4.69) is 29.9 Å². The number of ether oxygens (including phenoxy) is 1. The van der Waals surface area contributed by atoms with Gasteiger partial charge < -0.3 is 4.74 Å². The highest BCUT2D eigenvalue weighted by molar-refractivity contribution is 5.92. The standard InChI is InChI=1S/C14H15NO2/c1-10-4-5-12-9-13(7-6-11(12)8-10)15(2)14(16)17-3/h4-9H,1-3H3. The van der Waals surface area contributed by atoms with Crippen molar-refractivity contribution in [2.75, 3.05) is 19.1 Å². The first-order chi connectivity index (χ1) is 8.11. The summed E-state index contributed by atoms with van der Waals surface area (Å²) in [6.07, 6.45) is -0.364. The molecule has 0 aliphatic rings. The van der Waals surface area contributed by atoms with E-state index in [1.165, 1.54) is 23.0 Å². The minimum atomic E-state index is -0.364. The predicted octanol–water partition coefficient (Wildman–Crippen LogP) is 3.35. The molecule has 0 unspecified atom stereocenters. The number of aryl methyl sites for hydroxylation is 1. The number of methoxy groups -OCH3 is 1. The predicted molar refractivity (Wildman–Crippen MR) is 69.5 cm³/mol. The van der Waals surface area contributed by atoms with Gasteiger partial charge in [0.2, 0.25) is 0 Å². The number of benzene rings is 2. The monoisotopic (exact) mass is 229 g/mol. The Bertz CT molecular complexity index is 563. The lowest BCUT2D eigenvalue weighted by Crippen LogP contribution is -2.25. The van der Waals surface area contributed by atoms with E-state index in [4.69, 9.17) is 0 Å². The van der Waals surface area contributed by atoms with Crippen molar-refractivity contribution >= 4 is 22.6 Å². The molecule has 0 saturated carbocycles. The fourth-order valence-electron chi connectivity index (χ4n) is 1.80. The maximum atomic E-state index is 11.4. The number of carbonyl (C=O) groups is 1. The summed E-state index contributed by atoms with van der Waals surface area (Å²) < 4.78 is 4.68. The van der Waals surface area contributed by atoms with E-state index < -0.39 is 0 Å². The van der Waals surface area contributed by atoms with Gasteiger partial charge in [0, 0.05) is 12.7 Å². The molecule has 2 rings (SSSR count). The largest absolute Gasteiger partial charge is 0.452 e. The number of hydrogen-bond acceptors (Lipinski definition) is 2. The summed E-state index contributed by atoms with van der Waals surface area (Å²) in [4.78, 5) is 12.9. The maximum Gasteiger partial charge on any atom is 0.413 e. The molecule has 0 atom stereocenters. The second-order valence-corrected chi connectivity index (χ2v) is 4.06. The average Bonchev–Trinajstić information content (AvgIpc) is 2.36. The number of rotatable bonds is 1. The number of nitrogens with zero attached hydrogens (tertiary/aromatic N) is 1. The molecule has 3 nitrogen and oxygen atoms in total. The molecule has 0 spiro atoms. The van der Waals surface area contributed by atoms with E-state index in [1.807, 2.05) is 18.2 Å². The van der Waals surface area contributed by atoms with Crippen LogP contribution in [0, 0.1) is 6.92 Å². The van der Waals surface area contributed by atoms with Gasteiger partial charge in [0.25, 0.3) is 0 Å². The highest BCUT2D eigenvalue weighted by Gasteiger charge is 2.10. The molecule has 0 bridgehead atoms. The lowest BCUT2D eigenvalue weighted by molar-refractivity contribution is 0.180. The normalized spacial score (nSPS) is 10.3. The van der Waals surface area contributed by atoms with Crippen molar-refractivity contribution in [2.45, 2.75) is 6.92 Å². The first kappa shape index (κ1) is 11.5. The van der Waals surface area contributed by atoms with Crippen LogP contribution in [0.4, 0.5) is 10.5 Å². The van der Waals surface area contributed by atoms with Crippen molar-refractivity contribution in [1.29, 1.82) is 0 Å². The summed E-state index contributed by atoms with van der Waals surface area (Å²) in [6.45, 7) is 2.06. The summed E-state index contributed by atoms with van der Waals surface area (Å²) in [5, 5.41) is 2.29. The molecule has 1 amide bonds. The Labute approximate surface area is 101 Å². The van der Waals surface area contributed by atoms with Gasteiger partial charge in [0.1, 0.15) is 0 Å². The van der Waals surface area contributed by atoms with E-state index in [1.54, 1.807) is 7.05 Å². The van der Waals surface area contributed by atoms with Gasteiger partial charge in [-0.2, -0.15) is 0 Å². The molecule has 0 N–H and O–H groups in total. The van der Waals surface area contributed by atoms with Crippen molar-refractivity contribution in [3.63, 3.8) is 0 Å².